The van der Waals surface area contributed by atoms with Crippen molar-refractivity contribution in [3.8, 4) is 5.75 Å². The van der Waals surface area contributed by atoms with Crippen molar-refractivity contribution in [2.24, 2.45) is 0 Å². The molecule has 0 fully saturated rings. The molecule has 2 rings (SSSR count). The highest BCUT2D eigenvalue weighted by Crippen LogP contribution is 2.19. The summed E-state index contributed by atoms with van der Waals surface area (Å²) < 4.78 is 5.85. The summed E-state index contributed by atoms with van der Waals surface area (Å²) in [6.07, 6.45) is 3.53. The van der Waals surface area contributed by atoms with Gasteiger partial charge in [0.1, 0.15) is 12.4 Å². The van der Waals surface area contributed by atoms with Gasteiger partial charge in [-0.3, -0.25) is 4.98 Å². The highest BCUT2D eigenvalue weighted by molar-refractivity contribution is 6.30. The summed E-state index contributed by atoms with van der Waals surface area (Å²) in [4.78, 5) is 4.12. The van der Waals surface area contributed by atoms with E-state index >= 15 is 0 Å². The summed E-state index contributed by atoms with van der Waals surface area (Å²) in [5.41, 5.74) is 2.15. The second-order valence-electron chi connectivity index (χ2n) is 4.94. The minimum atomic E-state index is 0.434. The van der Waals surface area contributed by atoms with Crippen LogP contribution in [-0.2, 0) is 13.2 Å². The molecule has 0 aliphatic carbocycles. The number of aromatic nitrogens is 1. The van der Waals surface area contributed by atoms with Gasteiger partial charge in [0.2, 0.25) is 0 Å². The van der Waals surface area contributed by atoms with Crippen molar-refractivity contribution in [2.45, 2.75) is 33.0 Å². The third-order valence-corrected chi connectivity index (χ3v) is 3.09. The van der Waals surface area contributed by atoms with Crippen LogP contribution in [0.1, 0.15) is 25.0 Å². The molecule has 0 aliphatic rings. The lowest BCUT2D eigenvalue weighted by Gasteiger charge is -2.13. The monoisotopic (exact) mass is 290 g/mol. The van der Waals surface area contributed by atoms with Crippen molar-refractivity contribution in [1.29, 1.82) is 0 Å². The van der Waals surface area contributed by atoms with E-state index in [4.69, 9.17) is 16.3 Å². The first-order valence-corrected chi connectivity index (χ1v) is 7.06. The van der Waals surface area contributed by atoms with Crippen LogP contribution < -0.4 is 10.1 Å². The van der Waals surface area contributed by atoms with Crippen LogP contribution in [0.25, 0.3) is 0 Å². The van der Waals surface area contributed by atoms with Gasteiger partial charge in [-0.2, -0.15) is 0 Å². The molecular formula is C16H19ClN2O. The normalized spacial score (nSPS) is 10.8. The van der Waals surface area contributed by atoms with E-state index in [1.165, 1.54) is 0 Å². The molecule has 1 aromatic heterocycles. The first kappa shape index (κ1) is 14.8. The Hall–Kier alpha value is -1.58. The van der Waals surface area contributed by atoms with Crippen LogP contribution in [0, 0.1) is 0 Å². The van der Waals surface area contributed by atoms with E-state index in [9.17, 15) is 0 Å². The summed E-state index contributed by atoms with van der Waals surface area (Å²) in [5.74, 6) is 0.806. The van der Waals surface area contributed by atoms with E-state index in [0.717, 1.165) is 28.4 Å². The number of halogens is 1. The SMILES string of the molecule is CC(C)NCc1ccncc1OCc1cccc(Cl)c1. The van der Waals surface area contributed by atoms with Crippen LogP contribution in [0.4, 0.5) is 0 Å². The average Bonchev–Trinajstić information content (AvgIpc) is 2.44. The van der Waals surface area contributed by atoms with E-state index in [0.29, 0.717) is 12.6 Å². The molecule has 3 nitrogen and oxygen atoms in total. The molecule has 2 aromatic rings. The Balaban J connectivity index is 2.02. The van der Waals surface area contributed by atoms with Crippen LogP contribution in [0.15, 0.2) is 42.7 Å². The molecule has 0 saturated heterocycles. The first-order chi connectivity index (χ1) is 9.65. The molecule has 0 atom stereocenters. The fourth-order valence-electron chi connectivity index (χ4n) is 1.79. The quantitative estimate of drug-likeness (QED) is 0.878. The summed E-state index contributed by atoms with van der Waals surface area (Å²) >= 11 is 5.96. The number of pyridine rings is 1. The topological polar surface area (TPSA) is 34.2 Å². The molecule has 0 saturated carbocycles. The van der Waals surface area contributed by atoms with Crippen LogP contribution in [-0.4, -0.2) is 11.0 Å². The third kappa shape index (κ3) is 4.51. The molecule has 0 radical (unpaired) electrons. The van der Waals surface area contributed by atoms with Gasteiger partial charge in [0.05, 0.1) is 6.20 Å². The number of nitrogens with one attached hydrogen (secondary N) is 1. The number of nitrogens with zero attached hydrogens (tertiary/aromatic N) is 1. The minimum absolute atomic E-state index is 0.434. The summed E-state index contributed by atoms with van der Waals surface area (Å²) in [6.45, 7) is 5.49. The fourth-order valence-corrected chi connectivity index (χ4v) is 2.00. The fraction of sp³-hybridized carbons (Fsp3) is 0.312. The lowest BCUT2D eigenvalue weighted by Crippen LogP contribution is -2.22. The van der Waals surface area contributed by atoms with E-state index < -0.39 is 0 Å². The van der Waals surface area contributed by atoms with Crippen molar-refractivity contribution in [1.82, 2.24) is 10.3 Å². The molecular weight excluding hydrogens is 272 g/mol. The molecule has 20 heavy (non-hydrogen) atoms. The predicted molar refractivity (Wildman–Crippen MR) is 82.0 cm³/mol. The maximum Gasteiger partial charge on any atom is 0.142 e. The maximum absolute atomic E-state index is 5.96. The first-order valence-electron chi connectivity index (χ1n) is 6.68. The predicted octanol–water partition coefficient (Wildman–Crippen LogP) is 3.81. The third-order valence-electron chi connectivity index (χ3n) is 2.85. The van der Waals surface area contributed by atoms with Crippen LogP contribution >= 0.6 is 11.6 Å². The van der Waals surface area contributed by atoms with Crippen molar-refractivity contribution < 1.29 is 4.74 Å². The van der Waals surface area contributed by atoms with Gasteiger partial charge in [-0.15, -0.1) is 0 Å². The minimum Gasteiger partial charge on any atom is -0.487 e. The number of hydrogen-bond acceptors (Lipinski definition) is 3. The zero-order valence-corrected chi connectivity index (χ0v) is 12.5. The Morgan fingerprint density at radius 1 is 1.30 bits per heavy atom. The largest absolute Gasteiger partial charge is 0.487 e. The molecule has 0 aliphatic heterocycles. The van der Waals surface area contributed by atoms with Gasteiger partial charge in [0, 0.05) is 29.4 Å². The van der Waals surface area contributed by atoms with Crippen LogP contribution in [0.2, 0.25) is 5.02 Å². The molecule has 1 N–H and O–H groups in total. The molecule has 1 aromatic carbocycles. The van der Waals surface area contributed by atoms with Crippen LogP contribution in [0.3, 0.4) is 0 Å². The maximum atomic E-state index is 5.96. The van der Waals surface area contributed by atoms with Gasteiger partial charge >= 0.3 is 0 Å². The van der Waals surface area contributed by atoms with Gasteiger partial charge < -0.3 is 10.1 Å². The summed E-state index contributed by atoms with van der Waals surface area (Å²) in [6, 6.07) is 10.1. The number of hydrogen-bond donors (Lipinski definition) is 1. The highest BCUT2D eigenvalue weighted by Gasteiger charge is 2.05. The number of ether oxygens (including phenoxy) is 1. The molecule has 4 heteroatoms. The van der Waals surface area contributed by atoms with E-state index in [1.54, 1.807) is 12.4 Å². The lowest BCUT2D eigenvalue weighted by molar-refractivity contribution is 0.300. The van der Waals surface area contributed by atoms with Gasteiger partial charge in [0.15, 0.2) is 0 Å². The molecule has 0 spiro atoms. The van der Waals surface area contributed by atoms with Gasteiger partial charge in [-0.05, 0) is 23.8 Å². The van der Waals surface area contributed by atoms with Crippen LogP contribution in [0.5, 0.6) is 5.75 Å². The van der Waals surface area contributed by atoms with Crippen molar-refractivity contribution in [2.75, 3.05) is 0 Å². The van der Waals surface area contributed by atoms with Gasteiger partial charge in [-0.1, -0.05) is 37.6 Å². The molecule has 106 valence electrons. The van der Waals surface area contributed by atoms with Gasteiger partial charge in [0.25, 0.3) is 0 Å². The van der Waals surface area contributed by atoms with E-state index in [2.05, 4.69) is 24.1 Å². The zero-order valence-electron chi connectivity index (χ0n) is 11.8. The van der Waals surface area contributed by atoms with E-state index in [1.807, 2.05) is 30.3 Å². The molecule has 0 bridgehead atoms. The molecule has 1 heterocycles. The zero-order chi connectivity index (χ0) is 14.4. The Kier molecular flexibility index (Phi) is 5.39. The second-order valence-corrected chi connectivity index (χ2v) is 5.37. The Morgan fingerprint density at radius 2 is 2.15 bits per heavy atom. The second kappa shape index (κ2) is 7.27. The summed E-state index contributed by atoms with van der Waals surface area (Å²) in [7, 11) is 0. The standard InChI is InChI=1S/C16H19ClN2O/c1-12(2)19-9-14-6-7-18-10-16(14)20-11-13-4-3-5-15(17)8-13/h3-8,10,12,19H,9,11H2,1-2H3. The summed E-state index contributed by atoms with van der Waals surface area (Å²) in [5, 5.41) is 4.10. The number of benzene rings is 1. The lowest BCUT2D eigenvalue weighted by atomic mass is 10.2. The van der Waals surface area contributed by atoms with Crippen molar-refractivity contribution in [3.63, 3.8) is 0 Å². The highest BCUT2D eigenvalue weighted by atomic mass is 35.5. The smallest absolute Gasteiger partial charge is 0.142 e. The Morgan fingerprint density at radius 3 is 2.90 bits per heavy atom. The van der Waals surface area contributed by atoms with E-state index in [-0.39, 0.29) is 0 Å². The Labute approximate surface area is 124 Å². The molecule has 0 unspecified atom stereocenters. The molecule has 0 amide bonds. The average molecular weight is 291 g/mol. The van der Waals surface area contributed by atoms with Crippen molar-refractivity contribution in [3.05, 3.63) is 58.9 Å². The Bertz CT molecular complexity index is 558. The number of rotatable bonds is 6. The van der Waals surface area contributed by atoms with Crippen molar-refractivity contribution >= 4 is 11.6 Å². The van der Waals surface area contributed by atoms with Gasteiger partial charge in [-0.25, -0.2) is 0 Å².